The van der Waals surface area contributed by atoms with Gasteiger partial charge in [-0.2, -0.15) is 0 Å². The molecular weight excluding hydrogens is 302 g/mol. The molecule has 0 aliphatic rings. The van der Waals surface area contributed by atoms with Gasteiger partial charge in [-0.1, -0.05) is 27.5 Å². The highest BCUT2D eigenvalue weighted by atomic mass is 79.9. The predicted molar refractivity (Wildman–Crippen MR) is 62.5 cm³/mol. The van der Waals surface area contributed by atoms with Crippen LogP contribution in [-0.2, 0) is 11.2 Å². The number of pyridine rings is 1. The smallest absolute Gasteiger partial charge is 0.358 e. The van der Waals surface area contributed by atoms with Gasteiger partial charge in [-0.05, 0) is 6.07 Å². The molecule has 1 atom stereocenters. The Balaban J connectivity index is 3.16. The van der Waals surface area contributed by atoms with Crippen molar-refractivity contribution in [3.8, 4) is 0 Å². The Morgan fingerprint density at radius 3 is 2.94 bits per heavy atom. The third-order valence-electron chi connectivity index (χ3n) is 1.78. The van der Waals surface area contributed by atoms with Crippen molar-refractivity contribution in [2.24, 2.45) is 0 Å². The molecule has 0 saturated carbocycles. The topological polar surface area (TPSA) is 65.2 Å². The normalized spacial score (nSPS) is 12.2. The minimum absolute atomic E-state index is 0.00857. The number of rotatable bonds is 3. The number of nitrogens with zero attached hydrogens (tertiary/aromatic N) is 1. The Labute approximate surface area is 105 Å². The highest BCUT2D eigenvalue weighted by Gasteiger charge is 2.17. The average Bonchev–Trinajstić information content (AvgIpc) is 2.21. The van der Waals surface area contributed by atoms with E-state index in [4.69, 9.17) is 17.3 Å². The summed E-state index contributed by atoms with van der Waals surface area (Å²) in [6.07, 6.45) is -0.00857. The SMILES string of the molecule is COC(=O)c1nc(CC(F)Br)cc(N)c1Cl. The minimum Gasteiger partial charge on any atom is -0.464 e. The van der Waals surface area contributed by atoms with Gasteiger partial charge in [0.15, 0.2) is 10.8 Å². The number of halogens is 3. The van der Waals surface area contributed by atoms with E-state index in [1.54, 1.807) is 0 Å². The molecule has 1 rings (SSSR count). The first-order chi connectivity index (χ1) is 7.45. The molecule has 0 aromatic carbocycles. The van der Waals surface area contributed by atoms with Gasteiger partial charge in [0.2, 0.25) is 0 Å². The number of hydrogen-bond donors (Lipinski definition) is 1. The van der Waals surface area contributed by atoms with Crippen LogP contribution in [-0.4, -0.2) is 23.1 Å². The van der Waals surface area contributed by atoms with Gasteiger partial charge in [0.25, 0.3) is 0 Å². The molecule has 0 amide bonds. The van der Waals surface area contributed by atoms with Crippen molar-refractivity contribution < 1.29 is 13.9 Å². The zero-order valence-corrected chi connectivity index (χ0v) is 10.7. The van der Waals surface area contributed by atoms with Crippen LogP contribution in [0.4, 0.5) is 10.1 Å². The van der Waals surface area contributed by atoms with Crippen molar-refractivity contribution in [3.05, 3.63) is 22.5 Å². The number of ether oxygens (including phenoxy) is 1. The maximum Gasteiger partial charge on any atom is 0.358 e. The summed E-state index contributed by atoms with van der Waals surface area (Å²) in [5.74, 6) is -0.705. The molecule has 2 N–H and O–H groups in total. The number of methoxy groups -OCH3 is 1. The van der Waals surface area contributed by atoms with Crippen molar-refractivity contribution >= 4 is 39.2 Å². The molecule has 1 aromatic rings. The molecule has 1 aromatic heterocycles. The van der Waals surface area contributed by atoms with Crippen LogP contribution >= 0.6 is 27.5 Å². The maximum absolute atomic E-state index is 12.7. The highest BCUT2D eigenvalue weighted by molar-refractivity contribution is 9.09. The van der Waals surface area contributed by atoms with Gasteiger partial charge in [-0.3, -0.25) is 0 Å². The van der Waals surface area contributed by atoms with Gasteiger partial charge >= 0.3 is 5.97 Å². The molecule has 0 fully saturated rings. The molecular formula is C9H9BrClFN2O2. The number of aromatic nitrogens is 1. The van der Waals surface area contributed by atoms with E-state index in [1.165, 1.54) is 13.2 Å². The van der Waals surface area contributed by atoms with Crippen LogP contribution < -0.4 is 5.73 Å². The molecule has 0 spiro atoms. The standard InChI is InChI=1S/C9H9BrClFN2O2/c1-16-9(15)8-7(11)5(13)2-4(14-8)3-6(10)12/h2,6H,3H2,1H3,(H2,13,14). The summed E-state index contributed by atoms with van der Waals surface area (Å²) in [4.78, 5) is 15.2. The zero-order valence-electron chi connectivity index (χ0n) is 8.34. The third-order valence-corrected chi connectivity index (χ3v) is 2.50. The maximum atomic E-state index is 12.7. The van der Waals surface area contributed by atoms with Crippen molar-refractivity contribution in [1.82, 2.24) is 4.98 Å². The van der Waals surface area contributed by atoms with E-state index in [9.17, 15) is 9.18 Å². The first kappa shape index (κ1) is 13.2. The van der Waals surface area contributed by atoms with Gasteiger partial charge in [0.1, 0.15) is 0 Å². The lowest BCUT2D eigenvalue weighted by molar-refractivity contribution is 0.0594. The first-order valence-corrected chi connectivity index (χ1v) is 5.56. The summed E-state index contributed by atoms with van der Waals surface area (Å²) in [6.45, 7) is 0. The number of anilines is 1. The largest absolute Gasteiger partial charge is 0.464 e. The van der Waals surface area contributed by atoms with Gasteiger partial charge in [-0.15, -0.1) is 0 Å². The van der Waals surface area contributed by atoms with Crippen molar-refractivity contribution in [3.63, 3.8) is 0 Å². The second kappa shape index (κ2) is 5.45. The number of nitrogens with two attached hydrogens (primary N) is 1. The summed E-state index contributed by atoms with van der Waals surface area (Å²) < 4.78 is 17.2. The van der Waals surface area contributed by atoms with E-state index in [-0.39, 0.29) is 22.8 Å². The van der Waals surface area contributed by atoms with Gasteiger partial charge < -0.3 is 10.5 Å². The Hall–Kier alpha value is -0.880. The molecule has 1 heterocycles. The Morgan fingerprint density at radius 1 is 1.81 bits per heavy atom. The molecule has 0 saturated heterocycles. The Morgan fingerprint density at radius 2 is 2.44 bits per heavy atom. The number of hydrogen-bond acceptors (Lipinski definition) is 4. The summed E-state index contributed by atoms with van der Waals surface area (Å²) in [6, 6.07) is 1.42. The summed E-state index contributed by atoms with van der Waals surface area (Å²) in [5.41, 5.74) is 5.96. The predicted octanol–water partition coefficient (Wildman–Crippen LogP) is 2.34. The lowest BCUT2D eigenvalue weighted by atomic mass is 10.2. The molecule has 0 radical (unpaired) electrons. The first-order valence-electron chi connectivity index (χ1n) is 4.27. The molecule has 1 unspecified atom stereocenters. The molecule has 16 heavy (non-hydrogen) atoms. The van der Waals surface area contributed by atoms with Crippen LogP contribution in [0.2, 0.25) is 5.02 Å². The fraction of sp³-hybridized carbons (Fsp3) is 0.333. The highest BCUT2D eigenvalue weighted by Crippen LogP contribution is 2.24. The summed E-state index contributed by atoms with van der Waals surface area (Å²) in [7, 11) is 1.20. The fourth-order valence-corrected chi connectivity index (χ4v) is 1.60. The molecule has 7 heteroatoms. The Bertz CT molecular complexity index is 415. The zero-order chi connectivity index (χ0) is 12.3. The lowest BCUT2D eigenvalue weighted by Crippen LogP contribution is -2.10. The van der Waals surface area contributed by atoms with Crippen LogP contribution in [0.1, 0.15) is 16.2 Å². The van der Waals surface area contributed by atoms with Crippen molar-refractivity contribution in [2.75, 3.05) is 12.8 Å². The van der Waals surface area contributed by atoms with E-state index < -0.39 is 11.1 Å². The van der Waals surface area contributed by atoms with Crippen LogP contribution in [0.25, 0.3) is 0 Å². The van der Waals surface area contributed by atoms with E-state index in [2.05, 4.69) is 25.7 Å². The van der Waals surface area contributed by atoms with Crippen molar-refractivity contribution in [1.29, 1.82) is 0 Å². The second-order valence-electron chi connectivity index (χ2n) is 2.95. The monoisotopic (exact) mass is 310 g/mol. The molecule has 88 valence electrons. The van der Waals surface area contributed by atoms with Crippen LogP contribution in [0.5, 0.6) is 0 Å². The van der Waals surface area contributed by atoms with E-state index >= 15 is 0 Å². The van der Waals surface area contributed by atoms with E-state index in [0.717, 1.165) is 0 Å². The second-order valence-corrected chi connectivity index (χ2v) is 4.32. The van der Waals surface area contributed by atoms with Gasteiger partial charge in [0.05, 0.1) is 17.8 Å². The minimum atomic E-state index is -1.26. The number of esters is 1. The van der Waals surface area contributed by atoms with Gasteiger partial charge in [-0.25, -0.2) is 14.2 Å². The number of carbonyl (C=O) groups is 1. The summed E-state index contributed by atoms with van der Waals surface area (Å²) >= 11 is 8.52. The Kier molecular flexibility index (Phi) is 4.49. The number of carbonyl (C=O) groups excluding carboxylic acids is 1. The van der Waals surface area contributed by atoms with Crippen LogP contribution in [0, 0.1) is 0 Å². The third kappa shape index (κ3) is 3.05. The van der Waals surface area contributed by atoms with Crippen LogP contribution in [0.15, 0.2) is 6.07 Å². The van der Waals surface area contributed by atoms with E-state index in [1.807, 2.05) is 0 Å². The molecule has 0 aliphatic heterocycles. The summed E-state index contributed by atoms with van der Waals surface area (Å²) in [5, 5.41) is -1.24. The van der Waals surface area contributed by atoms with E-state index in [0.29, 0.717) is 5.69 Å². The number of nitrogen functional groups attached to an aromatic ring is 1. The average molecular weight is 312 g/mol. The van der Waals surface area contributed by atoms with Crippen LogP contribution in [0.3, 0.4) is 0 Å². The fourth-order valence-electron chi connectivity index (χ4n) is 1.10. The van der Waals surface area contributed by atoms with Gasteiger partial charge in [0, 0.05) is 12.1 Å². The number of alkyl halides is 2. The van der Waals surface area contributed by atoms with Crippen molar-refractivity contribution in [2.45, 2.75) is 11.5 Å². The molecule has 4 nitrogen and oxygen atoms in total. The quantitative estimate of drug-likeness (QED) is 0.687. The molecule has 0 bridgehead atoms. The molecule has 0 aliphatic carbocycles. The lowest BCUT2D eigenvalue weighted by Gasteiger charge is -2.08.